The van der Waals surface area contributed by atoms with Crippen LogP contribution in [0, 0.1) is 47.1 Å². The Hall–Kier alpha value is -10.9. The average molecular weight is 1850 g/mol. The number of ketones is 1. The highest BCUT2D eigenvalue weighted by atomic mass is 32.2. The number of thioether (sulfide) groups is 2. The van der Waals surface area contributed by atoms with E-state index in [-0.39, 0.29) is 129 Å². The number of hydrogen-bond donors (Lipinski definition) is 9. The van der Waals surface area contributed by atoms with Gasteiger partial charge in [-0.15, -0.1) is 0 Å². The largest absolute Gasteiger partial charge is 0.485 e. The maximum atomic E-state index is 15.7. The number of anilines is 2. The number of methoxy groups -OCH3 is 2. The Labute approximate surface area is 766 Å². The van der Waals surface area contributed by atoms with Gasteiger partial charge in [0.05, 0.1) is 85.3 Å². The molecule has 0 bridgehead atoms. The van der Waals surface area contributed by atoms with Crippen molar-refractivity contribution in [3.8, 4) is 5.75 Å². The van der Waals surface area contributed by atoms with Crippen molar-refractivity contribution in [1.29, 1.82) is 0 Å². The van der Waals surface area contributed by atoms with Crippen LogP contribution in [-0.2, 0) is 78.2 Å². The molecule has 2 aliphatic heterocycles. The fraction of sp³-hybridized carbons (Fsp3) is 0.516. The third kappa shape index (κ3) is 30.1. The fourth-order valence-electron chi connectivity index (χ4n) is 15.3. The lowest BCUT2D eigenvalue weighted by atomic mass is 9.85. The molecule has 0 spiro atoms. The second-order valence-corrected chi connectivity index (χ2v) is 35.2. The maximum absolute atomic E-state index is 15.7. The Bertz CT molecular complexity index is 4600. The monoisotopic (exact) mass is 1850 g/mol. The van der Waals surface area contributed by atoms with E-state index in [1.807, 2.05) is 51.1 Å². The van der Waals surface area contributed by atoms with Gasteiger partial charge in [-0.2, -0.15) is 0 Å². The van der Waals surface area contributed by atoms with E-state index in [1.54, 1.807) is 114 Å². The molecule has 33 nitrogen and oxygen atoms in total. The zero-order chi connectivity index (χ0) is 95.8. The maximum Gasteiger partial charge on any atom is 0.410 e. The zero-order valence-corrected chi connectivity index (χ0v) is 78.3. The molecule has 2 aliphatic rings. The van der Waals surface area contributed by atoms with E-state index in [0.717, 1.165) is 40.6 Å². The summed E-state index contributed by atoms with van der Waals surface area (Å²) in [4.78, 5) is 183. The minimum absolute atomic E-state index is 0.00557. The van der Waals surface area contributed by atoms with Gasteiger partial charge in [-0.1, -0.05) is 142 Å². The number of imide groups is 1. The van der Waals surface area contributed by atoms with Gasteiger partial charge < -0.3 is 91.0 Å². The van der Waals surface area contributed by atoms with Crippen LogP contribution in [0.1, 0.15) is 152 Å². The zero-order valence-electron chi connectivity index (χ0n) is 76.7. The van der Waals surface area contributed by atoms with Crippen molar-refractivity contribution in [1.82, 2.24) is 46.6 Å². The van der Waals surface area contributed by atoms with Crippen molar-refractivity contribution < 1.29 is 109 Å². The third-order valence-electron chi connectivity index (χ3n) is 22.7. The molecule has 1 saturated heterocycles. The number of likely N-dealkylation sites (tertiary alicyclic amines) is 1. The van der Waals surface area contributed by atoms with Crippen molar-refractivity contribution in [2.45, 2.75) is 185 Å². The summed E-state index contributed by atoms with van der Waals surface area (Å²) in [5, 5.41) is 29.7. The van der Waals surface area contributed by atoms with Crippen molar-refractivity contribution in [2.24, 2.45) is 41.2 Å². The van der Waals surface area contributed by atoms with Gasteiger partial charge in [0.15, 0.2) is 17.4 Å². The molecular weight excluding hydrogens is 1720 g/mol. The predicted octanol–water partition coefficient (Wildman–Crippen LogP) is 9.48. The van der Waals surface area contributed by atoms with Crippen LogP contribution < -0.4 is 52.6 Å². The van der Waals surface area contributed by atoms with Crippen molar-refractivity contribution >= 4 is 112 Å². The second-order valence-electron chi connectivity index (χ2n) is 33.0. The molecule has 13 amide bonds. The lowest BCUT2D eigenvalue weighted by Crippen LogP contribution is -2.60. The van der Waals surface area contributed by atoms with Crippen LogP contribution in [0.4, 0.5) is 29.7 Å². The van der Waals surface area contributed by atoms with Crippen LogP contribution in [0.3, 0.4) is 0 Å². The highest BCUT2D eigenvalue weighted by Crippen LogP contribution is 2.45. The first kappa shape index (κ1) is 106. The average Bonchev–Trinajstić information content (AvgIpc) is 1.61. The number of aliphatic hydroxyl groups excluding tert-OH is 1. The molecule has 37 heteroatoms. The Morgan fingerprint density at radius 3 is 1.70 bits per heavy atom. The molecule has 130 heavy (non-hydrogen) atoms. The normalized spacial score (nSPS) is 15.9. The minimum atomic E-state index is -1.21. The number of likely N-dealkylation sites (N-methyl/N-ethyl adjacent to an activating group) is 2. The standard InChI is InChI=1S/C93H126F2N12O21S2/c1-17-56(8)78(72(122-15)50-74(110)106-40-22-26-70(106)80(123-16)58(10)71(108)47-57(9)79(111)60-23-19-18-20-24-60)104(13)89(117)76(54(4)5)103-88(116)77(55(6)7)105(14)93(121)128-51-59-27-33-63(34-28-59)100-86(114)69(25-21-39-99-92(96)120)101-87(115)75(53(2)3)102-73(109)52-126-44-43-124-41-42-125-45-46-127-81-67(94)48-64(49-68(81)95)107-90(118)82(129-65-35-29-61(30-36-65)84(112)97-11)83(91(107)119)130-66-37-31-62(32-38-66)85(113)98-12/h18-20,23-24,27-38,48-49,53-58,69-70,72,75-80,111H,17,21-22,25-26,39-47,50-52H2,1-16H3,(H,97,112)(H,98,113)(H,100,114)(H,101,115)(H,102,109)(H,103,116)(H3,96,99,120)/t56?,57-,58-,69-,70-,72+,75-,76-,77-,78-,79+,80+/m0/s1. The smallest absolute Gasteiger partial charge is 0.410 e. The molecule has 710 valence electrons. The summed E-state index contributed by atoms with van der Waals surface area (Å²) in [5.41, 5.74) is 7.06. The number of primary amides is 1. The van der Waals surface area contributed by atoms with Gasteiger partial charge in [0.1, 0.15) is 49.8 Å². The van der Waals surface area contributed by atoms with Crippen LogP contribution in [0.25, 0.3) is 0 Å². The Morgan fingerprint density at radius 1 is 0.631 bits per heavy atom. The lowest BCUT2D eigenvalue weighted by molar-refractivity contribution is -0.148. The Kier molecular flexibility index (Phi) is 42.6. The number of carbonyl (C=O) groups excluding carboxylic acids is 13. The number of nitrogens with zero attached hydrogens (tertiary/aromatic N) is 4. The molecule has 10 N–H and O–H groups in total. The minimum Gasteiger partial charge on any atom is -0.485 e. The quantitative estimate of drug-likeness (QED) is 0.0129. The molecule has 0 radical (unpaired) electrons. The lowest BCUT2D eigenvalue weighted by Gasteiger charge is -2.41. The fourth-order valence-corrected chi connectivity index (χ4v) is 17.3. The number of hydrogen-bond acceptors (Lipinski definition) is 23. The number of halogens is 2. The molecule has 5 aromatic carbocycles. The molecule has 1 unspecified atom stereocenters. The number of aliphatic hydroxyl groups is 1. The molecular formula is C93H126F2N12O21S2. The van der Waals surface area contributed by atoms with Crippen LogP contribution in [0.15, 0.2) is 135 Å². The number of Topliss-reactive ketones (excluding diaryl/α,β-unsaturated/α-hetero) is 1. The van der Waals surface area contributed by atoms with E-state index in [9.17, 15) is 67.4 Å². The number of amides is 13. The van der Waals surface area contributed by atoms with Gasteiger partial charge in [0.25, 0.3) is 23.6 Å². The molecule has 0 aromatic heterocycles. The number of nitrogens with one attached hydrogen (secondary N) is 7. The third-order valence-corrected chi connectivity index (χ3v) is 25.0. The summed E-state index contributed by atoms with van der Waals surface area (Å²) in [6, 6.07) is 23.1. The molecule has 0 aliphatic carbocycles. The van der Waals surface area contributed by atoms with Gasteiger partial charge in [-0.3, -0.25) is 57.6 Å². The van der Waals surface area contributed by atoms with Crippen LogP contribution in [0.2, 0.25) is 0 Å². The van der Waals surface area contributed by atoms with E-state index in [1.165, 1.54) is 59.6 Å². The predicted molar refractivity (Wildman–Crippen MR) is 485 cm³/mol. The molecule has 0 saturated carbocycles. The van der Waals surface area contributed by atoms with Gasteiger partial charge >= 0.3 is 12.1 Å². The topological polar surface area (TPSA) is 430 Å². The first-order valence-corrected chi connectivity index (χ1v) is 45.1. The SMILES string of the molecule is CCC(C)[C@@H]([C@@H](CC(=O)N1CCC[C@H]1[C@H](OC)[C@@H](C)C(=O)C[C@H](C)[C@@H](O)c1ccccc1)OC)N(C)C(=O)[C@@H](NC(=O)[C@H](C(C)C)N(C)C(=O)OCc1ccc(NC(=O)[C@H](CCCNC(N)=O)NC(=O)[C@@H](NC(=O)COCCOCCOCCOc2c(F)cc(N3C(=O)C(Sc4ccc(C(=O)NC)cc4)=C(Sc4ccc(C(=O)NC)cc4)C3=O)cc2F)C(C)C)cc1)C(C)C. The molecule has 7 rings (SSSR count). The van der Waals surface area contributed by atoms with E-state index < -0.39 is 161 Å². The Morgan fingerprint density at radius 2 is 1.18 bits per heavy atom. The number of rotatable bonds is 52. The Balaban J connectivity index is 0.846. The second kappa shape index (κ2) is 52.2. The van der Waals surface area contributed by atoms with E-state index in [2.05, 4.69) is 37.2 Å². The number of benzene rings is 5. The van der Waals surface area contributed by atoms with Crippen molar-refractivity contribution in [3.05, 3.63) is 159 Å². The van der Waals surface area contributed by atoms with E-state index in [4.69, 9.17) is 38.9 Å². The highest BCUT2D eigenvalue weighted by molar-refractivity contribution is 8.08. The number of urea groups is 1. The van der Waals surface area contributed by atoms with E-state index >= 15 is 8.78 Å². The summed E-state index contributed by atoms with van der Waals surface area (Å²) >= 11 is 1.84. The van der Waals surface area contributed by atoms with Gasteiger partial charge in [0, 0.05) is 107 Å². The number of ether oxygens (including phenoxy) is 7. The van der Waals surface area contributed by atoms with Crippen LogP contribution in [-0.4, -0.2) is 247 Å². The first-order chi connectivity index (χ1) is 61.9. The molecule has 1 fully saturated rings. The number of nitrogens with two attached hydrogens (primary N) is 1. The molecule has 5 aromatic rings. The van der Waals surface area contributed by atoms with Crippen LogP contribution >= 0.6 is 23.5 Å². The molecule has 12 atom stereocenters. The summed E-state index contributed by atoms with van der Waals surface area (Å²) in [5.74, 6) is -11.6. The van der Waals surface area contributed by atoms with Crippen LogP contribution in [0.5, 0.6) is 5.75 Å². The summed E-state index contributed by atoms with van der Waals surface area (Å²) in [6.45, 7) is 17.3. The summed E-state index contributed by atoms with van der Waals surface area (Å²) in [7, 11) is 9.02. The summed E-state index contributed by atoms with van der Waals surface area (Å²) < 4.78 is 71.2. The van der Waals surface area contributed by atoms with E-state index in [0.29, 0.717) is 62.8 Å². The van der Waals surface area contributed by atoms with Gasteiger partial charge in [0.2, 0.25) is 35.4 Å². The first-order valence-electron chi connectivity index (χ1n) is 43.5. The number of carbonyl (C=O) groups is 13. The van der Waals surface area contributed by atoms with Crippen molar-refractivity contribution in [3.63, 3.8) is 0 Å². The van der Waals surface area contributed by atoms with Gasteiger partial charge in [-0.25, -0.2) is 23.3 Å². The van der Waals surface area contributed by atoms with Crippen molar-refractivity contribution in [2.75, 3.05) is 112 Å². The molecule has 2 heterocycles. The summed E-state index contributed by atoms with van der Waals surface area (Å²) in [6.07, 6.45) is -1.01. The highest BCUT2D eigenvalue weighted by Gasteiger charge is 2.46. The van der Waals surface area contributed by atoms with Gasteiger partial charge in [-0.05, 0) is 127 Å².